The van der Waals surface area contributed by atoms with E-state index in [1.165, 1.54) is 12.1 Å². The number of aryl methyl sites for hydroxylation is 1. The highest BCUT2D eigenvalue weighted by molar-refractivity contribution is 7.89. The molecule has 0 spiro atoms. The van der Waals surface area contributed by atoms with Crippen LogP contribution in [0.4, 0.5) is 0 Å². The number of nitrogens with one attached hydrogen (secondary N) is 2. The molecule has 2 heterocycles. The molecule has 5 aromatic rings. The number of carbonyl (C=O) groups is 1. The van der Waals surface area contributed by atoms with Gasteiger partial charge in [-0.2, -0.15) is 4.72 Å². The predicted molar refractivity (Wildman–Crippen MR) is 219 cm³/mol. The van der Waals surface area contributed by atoms with E-state index in [1.807, 2.05) is 104 Å². The van der Waals surface area contributed by atoms with E-state index in [0.717, 1.165) is 57.5 Å². The molecule has 10 nitrogen and oxygen atoms in total. The van der Waals surface area contributed by atoms with Crippen molar-refractivity contribution in [3.63, 3.8) is 0 Å². The highest BCUT2D eigenvalue weighted by Gasteiger charge is 2.40. The highest BCUT2D eigenvalue weighted by Crippen LogP contribution is 2.42. The fourth-order valence-electron chi connectivity index (χ4n) is 7.61. The lowest BCUT2D eigenvalue weighted by Crippen LogP contribution is -2.47. The fraction of sp³-hybridized carbons (Fsp3) is 0.326. The molecule has 0 saturated carbocycles. The minimum absolute atomic E-state index is 0.0271. The topological polar surface area (TPSA) is 137 Å². The van der Waals surface area contributed by atoms with Crippen molar-refractivity contribution < 1.29 is 32.9 Å². The number of benzene rings is 5. The van der Waals surface area contributed by atoms with E-state index in [-0.39, 0.29) is 48.7 Å². The van der Waals surface area contributed by atoms with E-state index in [9.17, 15) is 23.4 Å². The van der Waals surface area contributed by atoms with Crippen LogP contribution in [0.15, 0.2) is 132 Å². The van der Waals surface area contributed by atoms with Crippen LogP contribution in [0, 0.1) is 12.8 Å². The van der Waals surface area contributed by atoms with E-state index >= 15 is 0 Å². The first-order chi connectivity index (χ1) is 27.5. The number of hydrogen-bond acceptors (Lipinski definition) is 8. The summed E-state index contributed by atoms with van der Waals surface area (Å²) in [4.78, 5) is 16.1. The van der Waals surface area contributed by atoms with Crippen molar-refractivity contribution in [2.75, 3.05) is 19.6 Å². The zero-order valence-electron chi connectivity index (χ0n) is 32.3. The molecule has 0 unspecified atom stereocenters. The number of sulfonamides is 1. The molecule has 7 rings (SSSR count). The largest absolute Gasteiger partial charge is 0.392 e. The number of nitrogens with zero attached hydrogens (tertiary/aromatic N) is 1. The maximum Gasteiger partial charge on any atom is 0.241 e. The van der Waals surface area contributed by atoms with Crippen LogP contribution < -0.4 is 10.0 Å². The molecule has 6 atom stereocenters. The van der Waals surface area contributed by atoms with Gasteiger partial charge >= 0.3 is 0 Å². The SMILES string of the molecule is Cc1ccc(S(=O)(=O)N[C@H](Cc2ccccc2)C(=O)NCc2cccc(-c3cccc([C@@H]4O[C@H](CN5CC[C@H](O)C5)[C@H](C)[C@H](c5ccc(CO)cc5)O4)c3)c2)cc1. The number of amides is 1. The Balaban J connectivity index is 1.08. The van der Waals surface area contributed by atoms with Crippen molar-refractivity contribution in [2.24, 2.45) is 5.92 Å². The van der Waals surface area contributed by atoms with Gasteiger partial charge in [-0.3, -0.25) is 9.69 Å². The van der Waals surface area contributed by atoms with Gasteiger partial charge in [-0.15, -0.1) is 0 Å². The fourth-order valence-corrected chi connectivity index (χ4v) is 8.80. The summed E-state index contributed by atoms with van der Waals surface area (Å²) in [6.07, 6.45) is -0.445. The molecule has 0 bridgehead atoms. The third kappa shape index (κ3) is 10.2. The molecule has 1 amide bonds. The van der Waals surface area contributed by atoms with Crippen LogP contribution in [0.1, 0.15) is 59.1 Å². The minimum Gasteiger partial charge on any atom is -0.392 e. The minimum atomic E-state index is -3.97. The first-order valence-electron chi connectivity index (χ1n) is 19.6. The van der Waals surface area contributed by atoms with Crippen LogP contribution in [0.3, 0.4) is 0 Å². The number of carbonyl (C=O) groups excluding carboxylic acids is 1. The number of aliphatic hydroxyl groups is 2. The van der Waals surface area contributed by atoms with Gasteiger partial charge in [0.2, 0.25) is 15.9 Å². The van der Waals surface area contributed by atoms with Crippen molar-refractivity contribution in [3.05, 3.63) is 161 Å². The number of rotatable bonds is 14. The van der Waals surface area contributed by atoms with Crippen LogP contribution in [0.25, 0.3) is 11.1 Å². The molecule has 0 aliphatic carbocycles. The Hall–Kier alpha value is -4.72. The average molecular weight is 790 g/mol. The molecule has 2 fully saturated rings. The number of aliphatic hydroxyl groups excluding tert-OH is 2. The van der Waals surface area contributed by atoms with Gasteiger partial charge in [-0.1, -0.05) is 116 Å². The summed E-state index contributed by atoms with van der Waals surface area (Å²) in [5, 5.41) is 22.8. The second-order valence-corrected chi connectivity index (χ2v) is 17.0. The molecule has 0 aromatic heterocycles. The molecular weight excluding hydrogens is 739 g/mol. The molecule has 2 saturated heterocycles. The van der Waals surface area contributed by atoms with Gasteiger partial charge in [0, 0.05) is 37.7 Å². The molecule has 11 heteroatoms. The van der Waals surface area contributed by atoms with Crippen molar-refractivity contribution in [1.82, 2.24) is 14.9 Å². The van der Waals surface area contributed by atoms with E-state index in [2.05, 4.69) is 27.9 Å². The first-order valence-corrected chi connectivity index (χ1v) is 21.0. The van der Waals surface area contributed by atoms with Crippen LogP contribution in [0.5, 0.6) is 0 Å². The predicted octanol–water partition coefficient (Wildman–Crippen LogP) is 6.22. The lowest BCUT2D eigenvalue weighted by molar-refractivity contribution is -0.276. The number of ether oxygens (including phenoxy) is 2. The Labute approximate surface area is 335 Å². The zero-order valence-corrected chi connectivity index (χ0v) is 33.1. The summed E-state index contributed by atoms with van der Waals surface area (Å²) >= 11 is 0. The van der Waals surface area contributed by atoms with E-state index < -0.39 is 28.3 Å². The molecule has 4 N–H and O–H groups in total. The van der Waals surface area contributed by atoms with Crippen LogP contribution in [-0.2, 0) is 43.9 Å². The molecule has 298 valence electrons. The average Bonchev–Trinajstić information content (AvgIpc) is 3.65. The standard InChI is InChI=1S/C46H51N3O7S/c1-31-14-20-41(21-15-31)57(53,54)48-42(25-33-8-4-3-5-9-33)45(52)47-27-35-10-6-11-37(24-35)38-12-7-13-39(26-38)46-55-43(29-49-23-22-40(51)28-49)32(2)44(56-46)36-18-16-34(30-50)17-19-36/h3-21,24,26,32,40,42-44,46,48,50-51H,22-23,25,27-30H2,1-2H3,(H,47,52)/t32-,40-,42+,43+,44+,46+/m0/s1. The van der Waals surface area contributed by atoms with Crippen molar-refractivity contribution in [3.8, 4) is 11.1 Å². The summed E-state index contributed by atoms with van der Waals surface area (Å²) in [6.45, 7) is 6.31. The smallest absolute Gasteiger partial charge is 0.241 e. The third-order valence-electron chi connectivity index (χ3n) is 10.9. The zero-order chi connectivity index (χ0) is 39.9. The molecule has 2 aliphatic rings. The Bertz CT molecular complexity index is 2220. The molecule has 57 heavy (non-hydrogen) atoms. The van der Waals surface area contributed by atoms with E-state index in [1.54, 1.807) is 12.1 Å². The van der Waals surface area contributed by atoms with Crippen molar-refractivity contribution >= 4 is 15.9 Å². The van der Waals surface area contributed by atoms with Gasteiger partial charge < -0.3 is 25.0 Å². The molecule has 5 aromatic carbocycles. The van der Waals surface area contributed by atoms with Gasteiger partial charge in [0.1, 0.15) is 6.04 Å². The van der Waals surface area contributed by atoms with Crippen LogP contribution in [0.2, 0.25) is 0 Å². The maximum atomic E-state index is 13.7. The summed E-state index contributed by atoms with van der Waals surface area (Å²) in [5.41, 5.74) is 7.22. The Kier molecular flexibility index (Phi) is 13.0. The summed E-state index contributed by atoms with van der Waals surface area (Å²) in [7, 11) is -3.97. The van der Waals surface area contributed by atoms with Gasteiger partial charge in [0.25, 0.3) is 0 Å². The van der Waals surface area contributed by atoms with Gasteiger partial charge in [0.05, 0.1) is 29.8 Å². The summed E-state index contributed by atoms with van der Waals surface area (Å²) in [6, 6.07) is 38.7. The van der Waals surface area contributed by atoms with Crippen molar-refractivity contribution in [2.45, 2.75) is 75.4 Å². The lowest BCUT2D eigenvalue weighted by atomic mass is 9.90. The summed E-state index contributed by atoms with van der Waals surface area (Å²) < 4.78 is 42.8. The maximum absolute atomic E-state index is 13.7. The number of likely N-dealkylation sites (tertiary alicyclic amines) is 1. The highest BCUT2D eigenvalue weighted by atomic mass is 32.2. The lowest BCUT2D eigenvalue weighted by Gasteiger charge is -2.42. The molecule has 0 radical (unpaired) electrons. The third-order valence-corrected chi connectivity index (χ3v) is 12.4. The quantitative estimate of drug-likeness (QED) is 0.104. The van der Waals surface area contributed by atoms with Crippen LogP contribution in [-0.4, -0.2) is 67.3 Å². The Morgan fingerprint density at radius 2 is 1.53 bits per heavy atom. The Morgan fingerprint density at radius 3 is 2.23 bits per heavy atom. The Morgan fingerprint density at radius 1 is 0.825 bits per heavy atom. The summed E-state index contributed by atoms with van der Waals surface area (Å²) in [5.74, 6) is -0.402. The molecule has 2 aliphatic heterocycles. The van der Waals surface area contributed by atoms with Crippen LogP contribution >= 0.6 is 0 Å². The van der Waals surface area contributed by atoms with E-state index in [0.29, 0.717) is 13.1 Å². The number of β-amino-alcohol motifs (C(OH)–C–C–N with tert-alkyl or cyclic N) is 1. The number of hydrogen-bond donors (Lipinski definition) is 4. The van der Waals surface area contributed by atoms with Gasteiger partial charge in [-0.25, -0.2) is 8.42 Å². The van der Waals surface area contributed by atoms with Gasteiger partial charge in [0.15, 0.2) is 6.29 Å². The monoisotopic (exact) mass is 789 g/mol. The normalized spacial score (nSPS) is 21.9. The van der Waals surface area contributed by atoms with E-state index in [4.69, 9.17) is 9.47 Å². The first kappa shape index (κ1) is 40.5. The molecular formula is C46H51N3O7S. The second kappa shape index (κ2) is 18.3. The van der Waals surface area contributed by atoms with Crippen molar-refractivity contribution in [1.29, 1.82) is 0 Å². The second-order valence-electron chi connectivity index (χ2n) is 15.2. The van der Waals surface area contributed by atoms with Gasteiger partial charge in [-0.05, 0) is 77.4 Å².